The third-order valence-corrected chi connectivity index (χ3v) is 6.77. The van der Waals surface area contributed by atoms with Gasteiger partial charge in [0.05, 0.1) is 12.7 Å². The van der Waals surface area contributed by atoms with Crippen molar-refractivity contribution in [1.82, 2.24) is 15.5 Å². The quantitative estimate of drug-likeness (QED) is 0.268. The highest BCUT2D eigenvalue weighted by Crippen LogP contribution is 2.40. The van der Waals surface area contributed by atoms with Crippen LogP contribution in [0, 0.1) is 11.5 Å². The van der Waals surface area contributed by atoms with E-state index in [-0.39, 0.29) is 17.4 Å². The van der Waals surface area contributed by atoms with E-state index in [0.717, 1.165) is 32.2 Å². The van der Waals surface area contributed by atoms with Gasteiger partial charge in [0, 0.05) is 31.1 Å². The largest absolute Gasteiger partial charge is 0.496 e. The third kappa shape index (κ3) is 5.69. The van der Waals surface area contributed by atoms with Gasteiger partial charge < -0.3 is 15.0 Å². The molecule has 2 aromatic carbocycles. The number of rotatable bonds is 8. The predicted octanol–water partition coefficient (Wildman–Crippen LogP) is 4.07. The fraction of sp³-hybridized carbons (Fsp3) is 0.444. The van der Waals surface area contributed by atoms with Crippen molar-refractivity contribution in [3.63, 3.8) is 0 Å². The zero-order valence-electron chi connectivity index (χ0n) is 20.4. The van der Waals surface area contributed by atoms with Crippen molar-refractivity contribution in [3.05, 3.63) is 65.7 Å². The van der Waals surface area contributed by atoms with Gasteiger partial charge in [0.15, 0.2) is 6.19 Å². The van der Waals surface area contributed by atoms with E-state index in [1.54, 1.807) is 19.2 Å². The number of hydrogen-bond donors (Lipinski definition) is 2. The van der Waals surface area contributed by atoms with Gasteiger partial charge in [-0.1, -0.05) is 42.5 Å². The zero-order valence-corrected chi connectivity index (χ0v) is 20.4. The molecule has 0 radical (unpaired) electrons. The number of methoxy groups -OCH3 is 1. The molecule has 1 amide bonds. The summed E-state index contributed by atoms with van der Waals surface area (Å²) in [5.74, 6) is 1.10. The van der Waals surface area contributed by atoms with E-state index in [4.69, 9.17) is 4.74 Å². The molecule has 0 aromatic heterocycles. The summed E-state index contributed by atoms with van der Waals surface area (Å²) in [5, 5.41) is 15.1. The topological polar surface area (TPSA) is 89.8 Å². The number of nitrogens with one attached hydrogen (secondary N) is 2. The van der Waals surface area contributed by atoms with Crippen molar-refractivity contribution in [3.8, 4) is 11.9 Å². The van der Waals surface area contributed by atoms with Crippen LogP contribution in [0.1, 0.15) is 55.5 Å². The Morgan fingerprint density at radius 1 is 1.15 bits per heavy atom. The van der Waals surface area contributed by atoms with E-state index < -0.39 is 0 Å². The van der Waals surface area contributed by atoms with Crippen LogP contribution in [-0.4, -0.2) is 49.6 Å². The van der Waals surface area contributed by atoms with Gasteiger partial charge >= 0.3 is 0 Å². The van der Waals surface area contributed by atoms with E-state index in [1.165, 1.54) is 5.56 Å². The van der Waals surface area contributed by atoms with Crippen LogP contribution in [0.5, 0.6) is 5.75 Å². The number of guanidine groups is 1. The lowest BCUT2D eigenvalue weighted by molar-refractivity contribution is 0.0926. The van der Waals surface area contributed by atoms with Gasteiger partial charge in [0.25, 0.3) is 5.91 Å². The summed E-state index contributed by atoms with van der Waals surface area (Å²) in [4.78, 5) is 19.7. The van der Waals surface area contributed by atoms with Gasteiger partial charge in [-0.3, -0.25) is 15.1 Å². The molecule has 7 nitrogen and oxygen atoms in total. The van der Waals surface area contributed by atoms with Gasteiger partial charge in [-0.2, -0.15) is 5.26 Å². The monoisotopic (exact) mass is 461 g/mol. The Morgan fingerprint density at radius 2 is 1.82 bits per heavy atom. The molecule has 0 spiro atoms. The number of para-hydroxylation sites is 1. The maximum Gasteiger partial charge on any atom is 0.255 e. The average molecular weight is 462 g/mol. The van der Waals surface area contributed by atoms with Gasteiger partial charge in [0.1, 0.15) is 5.75 Å². The molecule has 0 aliphatic heterocycles. The van der Waals surface area contributed by atoms with Gasteiger partial charge in [-0.05, 0) is 57.2 Å². The summed E-state index contributed by atoms with van der Waals surface area (Å²) in [7, 11) is 1.58. The zero-order chi connectivity index (χ0) is 24.4. The minimum absolute atomic E-state index is 0.124. The van der Waals surface area contributed by atoms with Crippen molar-refractivity contribution in [1.29, 1.82) is 5.26 Å². The van der Waals surface area contributed by atoms with E-state index in [9.17, 15) is 10.1 Å². The average Bonchev–Trinajstić information content (AvgIpc) is 2.89. The van der Waals surface area contributed by atoms with Gasteiger partial charge in [-0.25, -0.2) is 0 Å². The first kappa shape index (κ1) is 25.1. The minimum atomic E-state index is -0.153. The Bertz CT molecular complexity index is 1010. The maximum absolute atomic E-state index is 13.0. The van der Waals surface area contributed by atoms with Crippen molar-refractivity contribution in [2.24, 2.45) is 4.99 Å². The Balaban J connectivity index is 1.79. The molecule has 0 atom stereocenters. The molecule has 0 bridgehead atoms. The van der Waals surface area contributed by atoms with Crippen LogP contribution in [0.3, 0.4) is 0 Å². The molecule has 0 heterocycles. The lowest BCUT2D eigenvalue weighted by Crippen LogP contribution is -2.51. The fourth-order valence-corrected chi connectivity index (χ4v) is 4.99. The maximum atomic E-state index is 13.0. The first-order valence-electron chi connectivity index (χ1n) is 12.0. The van der Waals surface area contributed by atoms with E-state index in [2.05, 4.69) is 51.7 Å². The van der Waals surface area contributed by atoms with Crippen LogP contribution in [0.25, 0.3) is 0 Å². The molecular weight excluding hydrogens is 426 g/mol. The summed E-state index contributed by atoms with van der Waals surface area (Å²) in [6.07, 6.45) is 5.77. The Hall–Kier alpha value is -3.53. The number of carbonyl (C=O) groups excluding carboxylic acids is 1. The molecule has 3 rings (SSSR count). The van der Waals surface area contributed by atoms with Crippen molar-refractivity contribution < 1.29 is 9.53 Å². The van der Waals surface area contributed by atoms with E-state index >= 15 is 0 Å². The molecule has 2 N–H and O–H groups in total. The molecule has 2 aromatic rings. The minimum Gasteiger partial charge on any atom is -0.496 e. The molecular formula is C27H35N5O2. The highest BCUT2D eigenvalue weighted by atomic mass is 16.5. The number of ether oxygens (including phenoxy) is 1. The lowest BCUT2D eigenvalue weighted by atomic mass is 9.67. The van der Waals surface area contributed by atoms with Gasteiger partial charge in [-0.15, -0.1) is 0 Å². The highest BCUT2D eigenvalue weighted by Gasteiger charge is 2.39. The number of nitrogens with zero attached hydrogens (tertiary/aromatic N) is 3. The van der Waals surface area contributed by atoms with Crippen LogP contribution in [0.15, 0.2) is 59.6 Å². The predicted molar refractivity (Wildman–Crippen MR) is 135 cm³/mol. The molecule has 1 aliphatic rings. The molecule has 7 heteroatoms. The Labute approximate surface area is 202 Å². The molecule has 0 saturated heterocycles. The number of aliphatic imine (C=N–C) groups is 1. The van der Waals surface area contributed by atoms with Gasteiger partial charge in [0.2, 0.25) is 5.96 Å². The Kier molecular flexibility index (Phi) is 8.92. The normalized spacial score (nSPS) is 20.2. The fourth-order valence-electron chi connectivity index (χ4n) is 4.99. The van der Waals surface area contributed by atoms with Crippen molar-refractivity contribution in [2.75, 3.05) is 26.7 Å². The van der Waals surface area contributed by atoms with Crippen LogP contribution in [0.4, 0.5) is 0 Å². The summed E-state index contributed by atoms with van der Waals surface area (Å²) in [5.41, 5.74) is 1.64. The molecule has 1 fully saturated rings. The molecule has 1 aliphatic carbocycles. The first-order valence-corrected chi connectivity index (χ1v) is 12.0. The van der Waals surface area contributed by atoms with Crippen LogP contribution in [-0.2, 0) is 5.41 Å². The molecule has 1 saturated carbocycles. The van der Waals surface area contributed by atoms with Crippen molar-refractivity contribution >= 4 is 11.9 Å². The SMILES string of the molecule is CCN=C(NC#N)N(CC)[C@H]1CC[C@](CNC(=O)c2ccccc2OC)(c2ccccc2)CC1. The summed E-state index contributed by atoms with van der Waals surface area (Å²) in [6, 6.07) is 18.1. The summed E-state index contributed by atoms with van der Waals surface area (Å²) in [6.45, 7) is 6.02. The smallest absolute Gasteiger partial charge is 0.255 e. The van der Waals surface area contributed by atoms with E-state index in [1.807, 2.05) is 31.3 Å². The second kappa shape index (κ2) is 12.1. The number of carbonyl (C=O) groups is 1. The number of hydrogen-bond acceptors (Lipinski definition) is 4. The highest BCUT2D eigenvalue weighted by molar-refractivity contribution is 5.97. The number of nitriles is 1. The molecule has 34 heavy (non-hydrogen) atoms. The number of benzene rings is 2. The standard InChI is InChI=1S/C27H35N5O2/c1-4-29-26(31-20-28)32(5-2)22-15-17-27(18-16-22,21-11-7-6-8-12-21)19-30-25(33)23-13-9-10-14-24(23)34-3/h6-14,22H,4-5,15-19H2,1-3H3,(H,29,31)(H,30,33)/t22-,27-. The second-order valence-corrected chi connectivity index (χ2v) is 8.58. The number of amides is 1. The van der Waals surface area contributed by atoms with Crippen LogP contribution >= 0.6 is 0 Å². The molecule has 180 valence electrons. The first-order chi connectivity index (χ1) is 16.6. The molecule has 0 unspecified atom stereocenters. The van der Waals surface area contributed by atoms with Crippen LogP contribution in [0.2, 0.25) is 0 Å². The summed E-state index contributed by atoms with van der Waals surface area (Å²) >= 11 is 0. The van der Waals surface area contributed by atoms with E-state index in [0.29, 0.717) is 30.4 Å². The second-order valence-electron chi connectivity index (χ2n) is 8.58. The third-order valence-electron chi connectivity index (χ3n) is 6.77. The van der Waals surface area contributed by atoms with Crippen molar-refractivity contribution in [2.45, 2.75) is 51.0 Å². The lowest BCUT2D eigenvalue weighted by Gasteiger charge is -2.44. The van der Waals surface area contributed by atoms with Crippen LogP contribution < -0.4 is 15.4 Å². The summed E-state index contributed by atoms with van der Waals surface area (Å²) < 4.78 is 5.38. The Morgan fingerprint density at radius 3 is 2.44 bits per heavy atom.